The van der Waals surface area contributed by atoms with Gasteiger partial charge in [0.05, 0.1) is 10.1 Å². The van der Waals surface area contributed by atoms with Gasteiger partial charge in [-0.05, 0) is 80.6 Å². The third kappa shape index (κ3) is 4.35. The minimum absolute atomic E-state index is 0.109. The summed E-state index contributed by atoms with van der Waals surface area (Å²) in [6.07, 6.45) is 2.25. The van der Waals surface area contributed by atoms with Gasteiger partial charge in [0, 0.05) is 30.3 Å². The maximum atomic E-state index is 13.2. The Balaban J connectivity index is 1.46. The molecule has 0 bridgehead atoms. The largest absolute Gasteiger partial charge is 0.326 e. The van der Waals surface area contributed by atoms with Gasteiger partial charge in [-0.3, -0.25) is 9.59 Å². The number of amides is 2. The molecule has 1 heterocycles. The molecule has 0 spiro atoms. The van der Waals surface area contributed by atoms with Crippen LogP contribution in [-0.2, 0) is 25.8 Å². The van der Waals surface area contributed by atoms with Gasteiger partial charge in [-0.1, -0.05) is 0 Å². The molecule has 1 unspecified atom stereocenters. The SMILES string of the molecule is Cc1cc(F)ccc1NC(=O)CC(C)S(=O)(=O)c1ccc2c(c1)CCN2C(=O)C1CC1. The number of nitrogens with one attached hydrogen (secondary N) is 1. The summed E-state index contributed by atoms with van der Waals surface area (Å²) in [5.41, 5.74) is 2.64. The molecule has 164 valence electrons. The van der Waals surface area contributed by atoms with Crippen LogP contribution in [0.2, 0.25) is 0 Å². The maximum Gasteiger partial charge on any atom is 0.230 e. The fraction of sp³-hybridized carbons (Fsp3) is 0.391. The average Bonchev–Trinajstić information content (AvgIpc) is 3.48. The zero-order chi connectivity index (χ0) is 22.3. The number of fused-ring (bicyclic) bond motifs is 1. The highest BCUT2D eigenvalue weighted by molar-refractivity contribution is 7.92. The molecule has 1 atom stereocenters. The molecule has 1 aliphatic heterocycles. The monoisotopic (exact) mass is 444 g/mol. The summed E-state index contributed by atoms with van der Waals surface area (Å²) in [5, 5.41) is 1.72. The number of sulfone groups is 1. The number of hydrogen-bond acceptors (Lipinski definition) is 4. The molecule has 2 aromatic carbocycles. The Hall–Kier alpha value is -2.74. The number of rotatable bonds is 6. The van der Waals surface area contributed by atoms with Crippen LogP contribution in [0.4, 0.5) is 15.8 Å². The van der Waals surface area contributed by atoms with E-state index in [-0.39, 0.29) is 23.1 Å². The predicted octanol–water partition coefficient (Wildman–Crippen LogP) is 3.62. The zero-order valence-electron chi connectivity index (χ0n) is 17.5. The van der Waals surface area contributed by atoms with Gasteiger partial charge in [-0.15, -0.1) is 0 Å². The molecule has 31 heavy (non-hydrogen) atoms. The van der Waals surface area contributed by atoms with Gasteiger partial charge < -0.3 is 10.2 Å². The molecule has 2 aliphatic rings. The van der Waals surface area contributed by atoms with Crippen LogP contribution in [0.3, 0.4) is 0 Å². The van der Waals surface area contributed by atoms with Crippen LogP contribution < -0.4 is 10.2 Å². The lowest BCUT2D eigenvalue weighted by molar-refractivity contribution is -0.119. The van der Waals surface area contributed by atoms with Crippen LogP contribution in [0.15, 0.2) is 41.3 Å². The molecule has 1 saturated carbocycles. The van der Waals surface area contributed by atoms with Crippen molar-refractivity contribution in [1.82, 2.24) is 0 Å². The summed E-state index contributed by atoms with van der Waals surface area (Å²) in [6, 6.07) is 8.85. The van der Waals surface area contributed by atoms with E-state index in [0.29, 0.717) is 24.2 Å². The minimum atomic E-state index is -3.73. The van der Waals surface area contributed by atoms with Gasteiger partial charge in [-0.2, -0.15) is 0 Å². The Kier molecular flexibility index (Phi) is 5.60. The van der Waals surface area contributed by atoms with Crippen LogP contribution in [-0.4, -0.2) is 32.0 Å². The lowest BCUT2D eigenvalue weighted by atomic mass is 10.2. The molecule has 1 N–H and O–H groups in total. The molecule has 4 rings (SSSR count). The first-order valence-corrected chi connectivity index (χ1v) is 12.0. The molecule has 1 fully saturated rings. The second-order valence-electron chi connectivity index (χ2n) is 8.37. The fourth-order valence-electron chi connectivity index (χ4n) is 3.91. The second-order valence-corrected chi connectivity index (χ2v) is 10.7. The van der Waals surface area contributed by atoms with Gasteiger partial charge in [-0.25, -0.2) is 12.8 Å². The zero-order valence-corrected chi connectivity index (χ0v) is 18.3. The van der Waals surface area contributed by atoms with Gasteiger partial charge in [0.15, 0.2) is 9.84 Å². The van der Waals surface area contributed by atoms with Crippen molar-refractivity contribution in [2.45, 2.75) is 49.7 Å². The van der Waals surface area contributed by atoms with E-state index in [2.05, 4.69) is 5.32 Å². The van der Waals surface area contributed by atoms with Crippen molar-refractivity contribution in [3.63, 3.8) is 0 Å². The Morgan fingerprint density at radius 2 is 1.94 bits per heavy atom. The van der Waals surface area contributed by atoms with E-state index in [9.17, 15) is 22.4 Å². The summed E-state index contributed by atoms with van der Waals surface area (Å²) < 4.78 is 39.3. The maximum absolute atomic E-state index is 13.2. The van der Waals surface area contributed by atoms with E-state index in [1.807, 2.05) is 0 Å². The Morgan fingerprint density at radius 1 is 1.19 bits per heavy atom. The topological polar surface area (TPSA) is 83.6 Å². The van der Waals surface area contributed by atoms with E-state index in [1.54, 1.807) is 24.0 Å². The molecular formula is C23H25FN2O4S. The van der Waals surface area contributed by atoms with Crippen LogP contribution in [0.25, 0.3) is 0 Å². The van der Waals surface area contributed by atoms with Gasteiger partial charge in [0.1, 0.15) is 5.82 Å². The number of nitrogens with zero attached hydrogens (tertiary/aromatic N) is 1. The first-order valence-electron chi connectivity index (χ1n) is 10.4. The van der Waals surface area contributed by atoms with E-state index < -0.39 is 26.8 Å². The van der Waals surface area contributed by atoms with Crippen molar-refractivity contribution in [2.75, 3.05) is 16.8 Å². The summed E-state index contributed by atoms with van der Waals surface area (Å²) in [7, 11) is -3.73. The Morgan fingerprint density at radius 3 is 2.61 bits per heavy atom. The van der Waals surface area contributed by atoms with Crippen molar-refractivity contribution >= 4 is 33.0 Å². The van der Waals surface area contributed by atoms with E-state index in [4.69, 9.17) is 0 Å². The van der Waals surface area contributed by atoms with Crippen molar-refractivity contribution in [3.05, 3.63) is 53.3 Å². The minimum Gasteiger partial charge on any atom is -0.326 e. The molecule has 2 aromatic rings. The lowest BCUT2D eigenvalue weighted by Gasteiger charge is -2.18. The van der Waals surface area contributed by atoms with Crippen LogP contribution in [0.5, 0.6) is 0 Å². The number of halogens is 1. The van der Waals surface area contributed by atoms with E-state index in [0.717, 1.165) is 24.1 Å². The average molecular weight is 445 g/mol. The second kappa shape index (κ2) is 8.07. The molecule has 2 amide bonds. The van der Waals surface area contributed by atoms with Crippen LogP contribution in [0, 0.1) is 18.7 Å². The molecule has 8 heteroatoms. The Bertz CT molecular complexity index is 1160. The summed E-state index contributed by atoms with van der Waals surface area (Å²) in [5.74, 6) is -0.623. The third-order valence-electron chi connectivity index (χ3n) is 5.93. The summed E-state index contributed by atoms with van der Waals surface area (Å²) in [6.45, 7) is 3.74. The van der Waals surface area contributed by atoms with E-state index >= 15 is 0 Å². The standard InChI is InChI=1S/C23H25FN2O4S/c1-14-11-18(24)5-7-20(14)25-22(27)12-15(2)31(29,30)19-6-8-21-17(13-19)9-10-26(21)23(28)16-3-4-16/h5-8,11,13,15-16H,3-4,9-10,12H2,1-2H3,(H,25,27). The molecule has 0 aromatic heterocycles. The summed E-state index contributed by atoms with van der Waals surface area (Å²) >= 11 is 0. The number of anilines is 2. The van der Waals surface area contributed by atoms with Crippen molar-refractivity contribution in [3.8, 4) is 0 Å². The summed E-state index contributed by atoms with van der Waals surface area (Å²) in [4.78, 5) is 26.7. The molecule has 0 saturated heterocycles. The molecule has 0 radical (unpaired) electrons. The van der Waals surface area contributed by atoms with Crippen LogP contribution >= 0.6 is 0 Å². The number of hydrogen-bond donors (Lipinski definition) is 1. The van der Waals surface area contributed by atoms with Gasteiger partial charge in [0.25, 0.3) is 0 Å². The van der Waals surface area contributed by atoms with E-state index in [1.165, 1.54) is 31.2 Å². The van der Waals surface area contributed by atoms with Gasteiger partial charge in [0.2, 0.25) is 11.8 Å². The Labute approximate surface area is 181 Å². The van der Waals surface area contributed by atoms with Gasteiger partial charge >= 0.3 is 0 Å². The highest BCUT2D eigenvalue weighted by Gasteiger charge is 2.37. The lowest BCUT2D eigenvalue weighted by Crippen LogP contribution is -2.30. The van der Waals surface area contributed by atoms with Crippen molar-refractivity contribution < 1.29 is 22.4 Å². The highest BCUT2D eigenvalue weighted by Crippen LogP contribution is 2.37. The third-order valence-corrected chi connectivity index (χ3v) is 8.07. The normalized spacial score (nSPS) is 16.7. The molecule has 1 aliphatic carbocycles. The number of carbonyl (C=O) groups is 2. The quantitative estimate of drug-likeness (QED) is 0.738. The number of aryl methyl sites for hydroxylation is 1. The van der Waals surface area contributed by atoms with Crippen molar-refractivity contribution in [2.24, 2.45) is 5.92 Å². The van der Waals surface area contributed by atoms with Crippen LogP contribution in [0.1, 0.15) is 37.3 Å². The fourth-order valence-corrected chi connectivity index (χ4v) is 5.31. The predicted molar refractivity (Wildman–Crippen MR) is 116 cm³/mol. The first kappa shape index (κ1) is 21.5. The van der Waals surface area contributed by atoms with Crippen molar-refractivity contribution in [1.29, 1.82) is 0 Å². The smallest absolute Gasteiger partial charge is 0.230 e. The number of benzene rings is 2. The number of carbonyl (C=O) groups excluding carboxylic acids is 2. The molecular weight excluding hydrogens is 419 g/mol. The molecule has 6 nitrogen and oxygen atoms in total. The highest BCUT2D eigenvalue weighted by atomic mass is 32.2. The first-order chi connectivity index (χ1) is 14.7.